The maximum atomic E-state index is 10.7. The lowest BCUT2D eigenvalue weighted by Crippen LogP contribution is -2.67. The average Bonchev–Trinajstić information content (AvgIpc) is 2.50. The number of carboxylic acid groups (broad SMARTS) is 1. The van der Waals surface area contributed by atoms with Crippen molar-refractivity contribution < 1.29 is 15.6 Å². The molecule has 0 radical (unpaired) electrons. The van der Waals surface area contributed by atoms with E-state index in [0.29, 0.717) is 10.0 Å². The minimum absolute atomic E-state index is 0.162. The van der Waals surface area contributed by atoms with Gasteiger partial charge in [0.15, 0.2) is 0 Å². The van der Waals surface area contributed by atoms with Crippen molar-refractivity contribution in [3.63, 3.8) is 0 Å². The van der Waals surface area contributed by atoms with Crippen LogP contribution >= 0.6 is 23.2 Å². The standard InChI is InChI=1S/C16H12Cl2O2.C4H11N/c17-14-8-6-12(10-15(14)18)13(7-9-16(19)20)11-4-2-1-3-5-11;1-4(2,3)5/h1-8,10H,9H2,(H,19,20);5H2,1-3H3/b13-7+;. The molecule has 134 valence electrons. The van der Waals surface area contributed by atoms with Crippen LogP contribution in [0.15, 0.2) is 54.6 Å². The Morgan fingerprint density at radius 2 is 1.60 bits per heavy atom. The first-order chi connectivity index (χ1) is 11.6. The van der Waals surface area contributed by atoms with Crippen LogP contribution in [0.25, 0.3) is 5.57 Å². The second kappa shape index (κ2) is 9.62. The van der Waals surface area contributed by atoms with Crippen molar-refractivity contribution in [1.82, 2.24) is 0 Å². The third-order valence-electron chi connectivity index (χ3n) is 2.79. The highest BCUT2D eigenvalue weighted by Crippen LogP contribution is 2.29. The van der Waals surface area contributed by atoms with E-state index in [2.05, 4.69) is 26.5 Å². The Balaban J connectivity index is 0.000000550. The molecular formula is C20H23Cl2NO2. The van der Waals surface area contributed by atoms with E-state index in [1.165, 1.54) is 0 Å². The highest BCUT2D eigenvalue weighted by Gasteiger charge is 2.07. The molecule has 0 saturated heterocycles. The van der Waals surface area contributed by atoms with Gasteiger partial charge in [0.05, 0.1) is 15.6 Å². The molecule has 0 aliphatic rings. The molecule has 0 aliphatic heterocycles. The fourth-order valence-corrected chi connectivity index (χ4v) is 2.17. The predicted octanol–water partition coefficient (Wildman–Crippen LogP) is 3.59. The van der Waals surface area contributed by atoms with Gasteiger partial charge in [0, 0.05) is 12.4 Å². The largest absolute Gasteiger partial charge is 0.550 e. The van der Waals surface area contributed by atoms with Crippen LogP contribution in [0.4, 0.5) is 0 Å². The molecule has 2 rings (SSSR count). The molecule has 0 unspecified atom stereocenters. The summed E-state index contributed by atoms with van der Waals surface area (Å²) in [7, 11) is 0. The fraction of sp³-hybridized carbons (Fsp3) is 0.250. The number of carbonyl (C=O) groups is 1. The number of hydrogen-bond acceptors (Lipinski definition) is 2. The van der Waals surface area contributed by atoms with Crippen LogP contribution in [-0.4, -0.2) is 11.5 Å². The van der Waals surface area contributed by atoms with E-state index in [-0.39, 0.29) is 12.0 Å². The molecular weight excluding hydrogens is 357 g/mol. The summed E-state index contributed by atoms with van der Waals surface area (Å²) in [6.45, 7) is 6.23. The summed E-state index contributed by atoms with van der Waals surface area (Å²) in [5.41, 5.74) is 6.53. The molecule has 0 aromatic heterocycles. The van der Waals surface area contributed by atoms with Gasteiger partial charge in [0.1, 0.15) is 0 Å². The second-order valence-electron chi connectivity index (χ2n) is 6.75. The number of carbonyl (C=O) groups excluding carboxylic acids is 1. The number of hydrogen-bond donors (Lipinski definition) is 1. The minimum Gasteiger partial charge on any atom is -0.550 e. The minimum atomic E-state index is -1.13. The van der Waals surface area contributed by atoms with Gasteiger partial charge in [-0.05, 0) is 49.6 Å². The highest BCUT2D eigenvalue weighted by molar-refractivity contribution is 6.42. The number of halogens is 2. The Labute approximate surface area is 159 Å². The van der Waals surface area contributed by atoms with Gasteiger partial charge in [-0.3, -0.25) is 0 Å². The molecule has 0 spiro atoms. The maximum absolute atomic E-state index is 10.7. The van der Waals surface area contributed by atoms with Crippen LogP contribution in [0.2, 0.25) is 10.0 Å². The van der Waals surface area contributed by atoms with Crippen molar-refractivity contribution in [2.24, 2.45) is 0 Å². The first kappa shape index (κ1) is 21.2. The Bertz CT molecular complexity index is 729. The second-order valence-corrected chi connectivity index (χ2v) is 7.56. The van der Waals surface area contributed by atoms with Gasteiger partial charge in [-0.1, -0.05) is 65.7 Å². The zero-order valence-electron chi connectivity index (χ0n) is 14.7. The molecule has 0 saturated carbocycles. The van der Waals surface area contributed by atoms with E-state index in [4.69, 9.17) is 23.2 Å². The molecule has 25 heavy (non-hydrogen) atoms. The van der Waals surface area contributed by atoms with Crippen LogP contribution in [0.3, 0.4) is 0 Å². The first-order valence-electron chi connectivity index (χ1n) is 7.84. The van der Waals surface area contributed by atoms with Gasteiger partial charge in [-0.15, -0.1) is 0 Å². The molecule has 0 heterocycles. The molecule has 0 aliphatic carbocycles. The van der Waals surface area contributed by atoms with Crippen LogP contribution in [0, 0.1) is 0 Å². The van der Waals surface area contributed by atoms with Crippen LogP contribution < -0.4 is 10.8 Å². The van der Waals surface area contributed by atoms with E-state index in [1.807, 2.05) is 36.4 Å². The zero-order valence-corrected chi connectivity index (χ0v) is 16.2. The van der Waals surface area contributed by atoms with E-state index >= 15 is 0 Å². The van der Waals surface area contributed by atoms with E-state index < -0.39 is 5.97 Å². The summed E-state index contributed by atoms with van der Waals surface area (Å²) >= 11 is 11.9. The molecule has 3 N–H and O–H groups in total. The van der Waals surface area contributed by atoms with Crippen LogP contribution in [0.1, 0.15) is 38.3 Å². The van der Waals surface area contributed by atoms with Gasteiger partial charge in [0.25, 0.3) is 0 Å². The predicted molar refractivity (Wildman–Crippen MR) is 102 cm³/mol. The summed E-state index contributed by atoms with van der Waals surface area (Å²) in [6.07, 6.45) is 1.45. The van der Waals surface area contributed by atoms with Crippen molar-refractivity contribution in [1.29, 1.82) is 0 Å². The monoisotopic (exact) mass is 379 g/mol. The Hall–Kier alpha value is -1.81. The Morgan fingerprint density at radius 1 is 1.04 bits per heavy atom. The van der Waals surface area contributed by atoms with Crippen molar-refractivity contribution in [2.45, 2.75) is 32.7 Å². The topological polar surface area (TPSA) is 67.8 Å². The smallest absolute Gasteiger partial charge is 0.0860 e. The van der Waals surface area contributed by atoms with Crippen molar-refractivity contribution in [2.75, 3.05) is 0 Å². The molecule has 0 bridgehead atoms. The van der Waals surface area contributed by atoms with Crippen LogP contribution in [-0.2, 0) is 4.79 Å². The molecule has 3 nitrogen and oxygen atoms in total. The van der Waals surface area contributed by atoms with Crippen molar-refractivity contribution in [3.05, 3.63) is 75.8 Å². The number of carboxylic acids is 1. The van der Waals surface area contributed by atoms with Crippen molar-refractivity contribution in [3.8, 4) is 0 Å². The lowest BCUT2D eigenvalue weighted by atomic mass is 9.97. The molecule has 2 aromatic carbocycles. The van der Waals surface area contributed by atoms with Gasteiger partial charge < -0.3 is 15.6 Å². The summed E-state index contributed by atoms with van der Waals surface area (Å²) < 4.78 is 0. The number of benzene rings is 2. The van der Waals surface area contributed by atoms with E-state index in [1.54, 1.807) is 18.2 Å². The SMILES string of the molecule is CC(C)(C)[NH3+].O=C([O-])C/C=C(\c1ccccc1)c1ccc(Cl)c(Cl)c1. The van der Waals surface area contributed by atoms with Gasteiger partial charge in [-0.25, -0.2) is 0 Å². The summed E-state index contributed by atoms with van der Waals surface area (Å²) in [6, 6.07) is 14.7. The molecule has 2 aromatic rings. The number of quaternary nitrogens is 1. The third-order valence-corrected chi connectivity index (χ3v) is 3.53. The van der Waals surface area contributed by atoms with E-state index in [0.717, 1.165) is 16.7 Å². The average molecular weight is 380 g/mol. The summed E-state index contributed by atoms with van der Waals surface area (Å²) in [4.78, 5) is 10.7. The number of rotatable bonds is 4. The quantitative estimate of drug-likeness (QED) is 0.881. The summed E-state index contributed by atoms with van der Waals surface area (Å²) in [5, 5.41) is 11.6. The Morgan fingerprint density at radius 3 is 2.08 bits per heavy atom. The zero-order chi connectivity index (χ0) is 19.0. The maximum Gasteiger partial charge on any atom is 0.0860 e. The normalized spacial score (nSPS) is 11.5. The van der Waals surface area contributed by atoms with Gasteiger partial charge in [0.2, 0.25) is 0 Å². The Kier molecular flexibility index (Phi) is 8.17. The van der Waals surface area contributed by atoms with Crippen molar-refractivity contribution >= 4 is 34.7 Å². The molecule has 5 heteroatoms. The molecule has 0 fully saturated rings. The summed E-state index contributed by atoms with van der Waals surface area (Å²) in [5.74, 6) is -1.13. The lowest BCUT2D eigenvalue weighted by molar-refractivity contribution is -0.458. The number of aliphatic carboxylic acids is 1. The molecule has 0 amide bonds. The van der Waals surface area contributed by atoms with Gasteiger partial charge in [-0.2, -0.15) is 0 Å². The highest BCUT2D eigenvalue weighted by atomic mass is 35.5. The van der Waals surface area contributed by atoms with Crippen LogP contribution in [0.5, 0.6) is 0 Å². The molecule has 0 atom stereocenters. The lowest BCUT2D eigenvalue weighted by Gasteiger charge is -2.10. The first-order valence-corrected chi connectivity index (χ1v) is 8.59. The fourth-order valence-electron chi connectivity index (χ4n) is 1.87. The third kappa shape index (κ3) is 8.73. The van der Waals surface area contributed by atoms with E-state index in [9.17, 15) is 9.90 Å². The van der Waals surface area contributed by atoms with Gasteiger partial charge >= 0.3 is 0 Å².